The van der Waals surface area contributed by atoms with Crippen molar-refractivity contribution in [3.05, 3.63) is 24.5 Å². The quantitative estimate of drug-likeness (QED) is 0.637. The van der Waals surface area contributed by atoms with Crippen molar-refractivity contribution in [2.75, 3.05) is 18.5 Å². The van der Waals surface area contributed by atoms with Gasteiger partial charge in [-0.2, -0.15) is 0 Å². The zero-order valence-electron chi connectivity index (χ0n) is 9.15. The number of hydrogen-bond acceptors (Lipinski definition) is 3. The first-order valence-electron chi connectivity index (χ1n) is 5.38. The standard InChI is InChI=1S/C11H17N3O2/c15-8-3-1-2-7-13-11(16)14-10-5-4-6-12-9-10/h4-6,9,15H,1-3,7-8H2,(H2,13,14,16). The molecule has 1 rings (SSSR count). The summed E-state index contributed by atoms with van der Waals surface area (Å²) in [6.07, 6.45) is 5.82. The summed E-state index contributed by atoms with van der Waals surface area (Å²) in [4.78, 5) is 15.2. The van der Waals surface area contributed by atoms with Crippen LogP contribution >= 0.6 is 0 Å². The molecule has 0 aliphatic rings. The van der Waals surface area contributed by atoms with E-state index in [-0.39, 0.29) is 12.6 Å². The summed E-state index contributed by atoms with van der Waals surface area (Å²) in [5.74, 6) is 0. The summed E-state index contributed by atoms with van der Waals surface area (Å²) in [6.45, 7) is 0.827. The maximum atomic E-state index is 11.3. The van der Waals surface area contributed by atoms with Crippen molar-refractivity contribution in [1.82, 2.24) is 10.3 Å². The van der Waals surface area contributed by atoms with Crippen molar-refractivity contribution in [3.8, 4) is 0 Å². The molecule has 1 aromatic heterocycles. The van der Waals surface area contributed by atoms with Gasteiger partial charge in [-0.25, -0.2) is 4.79 Å². The predicted molar refractivity (Wildman–Crippen MR) is 62.2 cm³/mol. The number of unbranched alkanes of at least 4 members (excludes halogenated alkanes) is 2. The molecule has 0 unspecified atom stereocenters. The molecular weight excluding hydrogens is 206 g/mol. The van der Waals surface area contributed by atoms with Crippen LogP contribution in [-0.4, -0.2) is 29.3 Å². The Bertz CT molecular complexity index is 303. The van der Waals surface area contributed by atoms with Gasteiger partial charge in [0.1, 0.15) is 0 Å². The lowest BCUT2D eigenvalue weighted by Crippen LogP contribution is -2.29. The highest BCUT2D eigenvalue weighted by Crippen LogP contribution is 2.01. The molecule has 5 heteroatoms. The van der Waals surface area contributed by atoms with Crippen LogP contribution in [0.15, 0.2) is 24.5 Å². The molecule has 5 nitrogen and oxygen atoms in total. The minimum atomic E-state index is -0.225. The molecule has 1 heterocycles. The highest BCUT2D eigenvalue weighted by atomic mass is 16.2. The Morgan fingerprint density at radius 1 is 1.38 bits per heavy atom. The molecule has 0 aromatic carbocycles. The molecule has 0 atom stereocenters. The van der Waals surface area contributed by atoms with Crippen molar-refractivity contribution in [2.45, 2.75) is 19.3 Å². The molecule has 0 aliphatic carbocycles. The summed E-state index contributed by atoms with van der Waals surface area (Å²) in [7, 11) is 0. The van der Waals surface area contributed by atoms with E-state index < -0.39 is 0 Å². The van der Waals surface area contributed by atoms with E-state index >= 15 is 0 Å². The normalized spacial score (nSPS) is 9.81. The van der Waals surface area contributed by atoms with Gasteiger partial charge >= 0.3 is 6.03 Å². The minimum Gasteiger partial charge on any atom is -0.396 e. The maximum absolute atomic E-state index is 11.3. The first-order chi connectivity index (χ1) is 7.83. The van der Waals surface area contributed by atoms with Crippen LogP contribution in [0.25, 0.3) is 0 Å². The maximum Gasteiger partial charge on any atom is 0.319 e. The third-order valence-electron chi connectivity index (χ3n) is 2.04. The van der Waals surface area contributed by atoms with E-state index in [0.717, 1.165) is 19.3 Å². The van der Waals surface area contributed by atoms with Gasteiger partial charge in [0.2, 0.25) is 0 Å². The van der Waals surface area contributed by atoms with E-state index in [9.17, 15) is 4.79 Å². The number of nitrogens with zero attached hydrogens (tertiary/aromatic N) is 1. The lowest BCUT2D eigenvalue weighted by Gasteiger charge is -2.06. The number of aliphatic hydroxyl groups excluding tert-OH is 1. The van der Waals surface area contributed by atoms with E-state index in [4.69, 9.17) is 5.11 Å². The number of aliphatic hydroxyl groups is 1. The summed E-state index contributed by atoms with van der Waals surface area (Å²) < 4.78 is 0. The van der Waals surface area contributed by atoms with Crippen LogP contribution in [0, 0.1) is 0 Å². The van der Waals surface area contributed by atoms with Crippen molar-refractivity contribution < 1.29 is 9.90 Å². The van der Waals surface area contributed by atoms with Crippen LogP contribution in [0.2, 0.25) is 0 Å². The van der Waals surface area contributed by atoms with Crippen molar-refractivity contribution in [1.29, 1.82) is 0 Å². The molecule has 16 heavy (non-hydrogen) atoms. The minimum absolute atomic E-state index is 0.210. The Kier molecular flexibility index (Phi) is 5.95. The highest BCUT2D eigenvalue weighted by molar-refractivity contribution is 5.88. The number of hydrogen-bond donors (Lipinski definition) is 3. The summed E-state index contributed by atoms with van der Waals surface area (Å²) in [5, 5.41) is 14.0. The number of urea groups is 1. The molecule has 0 saturated carbocycles. The Morgan fingerprint density at radius 3 is 2.94 bits per heavy atom. The van der Waals surface area contributed by atoms with Gasteiger partial charge in [-0.3, -0.25) is 4.98 Å². The van der Waals surface area contributed by atoms with Gasteiger partial charge in [0, 0.05) is 19.3 Å². The van der Waals surface area contributed by atoms with Gasteiger partial charge in [-0.15, -0.1) is 0 Å². The highest BCUT2D eigenvalue weighted by Gasteiger charge is 1.99. The molecule has 3 N–H and O–H groups in total. The van der Waals surface area contributed by atoms with Gasteiger partial charge in [0.15, 0.2) is 0 Å². The largest absolute Gasteiger partial charge is 0.396 e. The van der Waals surface area contributed by atoms with Crippen molar-refractivity contribution in [3.63, 3.8) is 0 Å². The van der Waals surface area contributed by atoms with E-state index in [2.05, 4.69) is 15.6 Å². The Balaban J connectivity index is 2.12. The third-order valence-corrected chi connectivity index (χ3v) is 2.04. The molecule has 0 spiro atoms. The van der Waals surface area contributed by atoms with Gasteiger partial charge < -0.3 is 15.7 Å². The van der Waals surface area contributed by atoms with E-state index in [1.165, 1.54) is 0 Å². The smallest absolute Gasteiger partial charge is 0.319 e. The lowest BCUT2D eigenvalue weighted by atomic mass is 10.2. The number of anilines is 1. The number of rotatable bonds is 6. The molecule has 0 radical (unpaired) electrons. The summed E-state index contributed by atoms with van der Waals surface area (Å²) in [5.41, 5.74) is 0.676. The first-order valence-corrected chi connectivity index (χ1v) is 5.38. The topological polar surface area (TPSA) is 74.2 Å². The number of carbonyl (C=O) groups excluding carboxylic acids is 1. The number of amides is 2. The van der Waals surface area contributed by atoms with Gasteiger partial charge in [-0.05, 0) is 31.4 Å². The fraction of sp³-hybridized carbons (Fsp3) is 0.455. The number of aromatic nitrogens is 1. The molecule has 2 amide bonds. The lowest BCUT2D eigenvalue weighted by molar-refractivity contribution is 0.251. The zero-order chi connectivity index (χ0) is 11.6. The first kappa shape index (κ1) is 12.4. The average molecular weight is 223 g/mol. The summed E-state index contributed by atoms with van der Waals surface area (Å²) in [6, 6.07) is 3.31. The van der Waals surface area contributed by atoms with Crippen molar-refractivity contribution in [2.24, 2.45) is 0 Å². The van der Waals surface area contributed by atoms with Crippen LogP contribution in [0.5, 0.6) is 0 Å². The Labute approximate surface area is 94.9 Å². The number of pyridine rings is 1. The fourth-order valence-corrected chi connectivity index (χ4v) is 1.23. The van der Waals surface area contributed by atoms with Gasteiger partial charge in [0.05, 0.1) is 11.9 Å². The zero-order valence-corrected chi connectivity index (χ0v) is 9.15. The monoisotopic (exact) mass is 223 g/mol. The average Bonchev–Trinajstić information content (AvgIpc) is 2.30. The van der Waals surface area contributed by atoms with Crippen LogP contribution in [-0.2, 0) is 0 Å². The SMILES string of the molecule is O=C(NCCCCCO)Nc1cccnc1. The van der Waals surface area contributed by atoms with Crippen LogP contribution in [0.4, 0.5) is 10.5 Å². The molecule has 1 aromatic rings. The van der Waals surface area contributed by atoms with Crippen LogP contribution in [0.3, 0.4) is 0 Å². The molecule has 0 saturated heterocycles. The predicted octanol–water partition coefficient (Wildman–Crippen LogP) is 1.37. The second-order valence-corrected chi connectivity index (χ2v) is 3.41. The van der Waals surface area contributed by atoms with E-state index in [1.807, 2.05) is 0 Å². The third kappa shape index (κ3) is 5.31. The van der Waals surface area contributed by atoms with E-state index in [1.54, 1.807) is 24.5 Å². The summed E-state index contributed by atoms with van der Waals surface area (Å²) >= 11 is 0. The molecule has 88 valence electrons. The molecule has 0 bridgehead atoms. The van der Waals surface area contributed by atoms with Crippen molar-refractivity contribution >= 4 is 11.7 Å². The molecule has 0 aliphatic heterocycles. The van der Waals surface area contributed by atoms with Crippen LogP contribution < -0.4 is 10.6 Å². The Hall–Kier alpha value is -1.62. The molecular formula is C11H17N3O2. The number of nitrogens with one attached hydrogen (secondary N) is 2. The van der Waals surface area contributed by atoms with E-state index in [0.29, 0.717) is 12.2 Å². The fourth-order valence-electron chi connectivity index (χ4n) is 1.23. The van der Waals surface area contributed by atoms with Crippen LogP contribution in [0.1, 0.15) is 19.3 Å². The van der Waals surface area contributed by atoms with Gasteiger partial charge in [-0.1, -0.05) is 0 Å². The second-order valence-electron chi connectivity index (χ2n) is 3.41. The molecule has 0 fully saturated rings. The number of carbonyl (C=O) groups is 1. The Morgan fingerprint density at radius 2 is 2.25 bits per heavy atom. The second kappa shape index (κ2) is 7.64. The van der Waals surface area contributed by atoms with Gasteiger partial charge in [0.25, 0.3) is 0 Å².